The molecule has 0 saturated carbocycles. The minimum atomic E-state index is -0.570. The maximum absolute atomic E-state index is 13.2. The molecule has 0 spiro atoms. The average Bonchev–Trinajstić information content (AvgIpc) is 3.37. The number of carbonyl (C=O) groups is 1. The van der Waals surface area contributed by atoms with Gasteiger partial charge in [0.05, 0.1) is 33.8 Å². The summed E-state index contributed by atoms with van der Waals surface area (Å²) in [7, 11) is 1.74. The van der Waals surface area contributed by atoms with Crippen molar-refractivity contribution < 1.29 is 19.7 Å². The minimum Gasteiger partial charge on any atom is -0.494 e. The van der Waals surface area contributed by atoms with Crippen LogP contribution in [0, 0.1) is 0 Å². The van der Waals surface area contributed by atoms with Crippen LogP contribution in [0.3, 0.4) is 0 Å². The number of H-pyrrole nitrogens is 1. The van der Waals surface area contributed by atoms with Gasteiger partial charge in [-0.25, -0.2) is 9.97 Å². The molecule has 3 aromatic rings. The first-order valence-electron chi connectivity index (χ1n) is 11.3. The highest BCUT2D eigenvalue weighted by Gasteiger charge is 2.37. The van der Waals surface area contributed by atoms with Crippen molar-refractivity contribution in [1.29, 1.82) is 0 Å². The summed E-state index contributed by atoms with van der Waals surface area (Å²) in [4.78, 5) is 32.6. The molecule has 1 aromatic carbocycles. The lowest BCUT2D eigenvalue weighted by atomic mass is 10.1. The van der Waals surface area contributed by atoms with E-state index in [2.05, 4.69) is 25.3 Å². The van der Waals surface area contributed by atoms with Gasteiger partial charge in [-0.3, -0.25) is 14.7 Å². The first-order valence-corrected chi connectivity index (χ1v) is 11.7. The molecule has 35 heavy (non-hydrogen) atoms. The van der Waals surface area contributed by atoms with E-state index in [9.17, 15) is 15.0 Å². The SMILES string of the molecule is CN1CCNc2ncnc3[nH]c(O)c(c23)C=Nc2ccc(Cl)c(c2)OCCN2C[C@H](O)C[C@@H]2C1=O. The maximum atomic E-state index is 13.2. The van der Waals surface area contributed by atoms with Crippen LogP contribution in [0.2, 0.25) is 5.02 Å². The number of ether oxygens (including phenoxy) is 1. The van der Waals surface area contributed by atoms with E-state index in [1.165, 1.54) is 12.5 Å². The van der Waals surface area contributed by atoms with Crippen LogP contribution >= 0.6 is 11.6 Å². The molecule has 5 rings (SSSR count). The number of aromatic nitrogens is 3. The zero-order chi connectivity index (χ0) is 24.5. The Bertz CT molecular complexity index is 1280. The number of hydrogen-bond donors (Lipinski definition) is 4. The maximum Gasteiger partial charge on any atom is 0.239 e. The predicted molar refractivity (Wildman–Crippen MR) is 132 cm³/mol. The Hall–Kier alpha value is -3.41. The van der Waals surface area contributed by atoms with Gasteiger partial charge < -0.3 is 30.2 Å². The summed E-state index contributed by atoms with van der Waals surface area (Å²) in [5, 5.41) is 25.0. The van der Waals surface area contributed by atoms with E-state index in [1.807, 2.05) is 4.90 Å². The van der Waals surface area contributed by atoms with E-state index in [0.717, 1.165) is 0 Å². The van der Waals surface area contributed by atoms with Crippen molar-refractivity contribution >= 4 is 46.3 Å². The number of aliphatic imine (C=N–C) groups is 1. The van der Waals surface area contributed by atoms with Crippen LogP contribution in [-0.2, 0) is 4.79 Å². The normalized spacial score (nSPS) is 21.8. The van der Waals surface area contributed by atoms with Crippen molar-refractivity contribution in [1.82, 2.24) is 24.8 Å². The Labute approximate surface area is 206 Å². The Morgan fingerprint density at radius 2 is 2.11 bits per heavy atom. The highest BCUT2D eigenvalue weighted by molar-refractivity contribution is 6.32. The molecule has 0 unspecified atom stereocenters. The number of nitrogens with one attached hydrogen (secondary N) is 2. The van der Waals surface area contributed by atoms with Crippen LogP contribution in [0.4, 0.5) is 11.5 Å². The number of aromatic hydroxyl groups is 1. The highest BCUT2D eigenvalue weighted by Crippen LogP contribution is 2.32. The zero-order valence-corrected chi connectivity index (χ0v) is 19.9. The largest absolute Gasteiger partial charge is 0.494 e. The number of aliphatic hydroxyl groups excluding tert-OH is 1. The summed E-state index contributed by atoms with van der Waals surface area (Å²) in [5.74, 6) is 0.813. The lowest BCUT2D eigenvalue weighted by Gasteiger charge is -2.27. The third kappa shape index (κ3) is 4.75. The van der Waals surface area contributed by atoms with Crippen molar-refractivity contribution in [3.8, 4) is 11.6 Å². The monoisotopic (exact) mass is 499 g/mol. The second-order valence-electron chi connectivity index (χ2n) is 8.64. The van der Waals surface area contributed by atoms with Crippen LogP contribution in [0.15, 0.2) is 29.5 Å². The van der Waals surface area contributed by atoms with Gasteiger partial charge in [-0.15, -0.1) is 0 Å². The molecule has 2 bridgehead atoms. The molecule has 0 radical (unpaired) electrons. The van der Waals surface area contributed by atoms with Crippen molar-refractivity contribution in [2.75, 3.05) is 45.2 Å². The van der Waals surface area contributed by atoms with Gasteiger partial charge in [0.1, 0.15) is 30.1 Å². The first kappa shape index (κ1) is 23.3. The number of anilines is 1. The summed E-state index contributed by atoms with van der Waals surface area (Å²) in [6.45, 7) is 2.00. The van der Waals surface area contributed by atoms with E-state index in [1.54, 1.807) is 30.1 Å². The number of carbonyl (C=O) groups excluding carboxylic acids is 1. The first-order chi connectivity index (χ1) is 16.9. The number of aromatic amines is 1. The average molecular weight is 500 g/mol. The molecule has 4 heterocycles. The van der Waals surface area contributed by atoms with Gasteiger partial charge in [-0.2, -0.15) is 0 Å². The lowest BCUT2D eigenvalue weighted by molar-refractivity contribution is -0.134. The summed E-state index contributed by atoms with van der Waals surface area (Å²) in [5.41, 5.74) is 1.47. The molecule has 2 aliphatic rings. The summed E-state index contributed by atoms with van der Waals surface area (Å²) in [6.07, 6.45) is 2.73. The molecule has 11 nitrogen and oxygen atoms in total. The molecule has 2 aliphatic heterocycles. The van der Waals surface area contributed by atoms with Crippen LogP contribution in [0.1, 0.15) is 12.0 Å². The van der Waals surface area contributed by atoms with Gasteiger partial charge in [0.15, 0.2) is 5.88 Å². The van der Waals surface area contributed by atoms with E-state index in [4.69, 9.17) is 16.3 Å². The Kier molecular flexibility index (Phi) is 6.46. The van der Waals surface area contributed by atoms with Gasteiger partial charge >= 0.3 is 0 Å². The number of amides is 1. The number of fused-ring (bicyclic) bond motifs is 3. The second kappa shape index (κ2) is 9.68. The van der Waals surface area contributed by atoms with E-state index >= 15 is 0 Å². The lowest BCUT2D eigenvalue weighted by Crippen LogP contribution is -2.46. The molecule has 1 saturated heterocycles. The van der Waals surface area contributed by atoms with Gasteiger partial charge in [-0.1, -0.05) is 11.6 Å². The number of rotatable bonds is 0. The number of nitrogens with zero attached hydrogens (tertiary/aromatic N) is 5. The van der Waals surface area contributed by atoms with Crippen molar-refractivity contribution in [2.45, 2.75) is 18.6 Å². The van der Waals surface area contributed by atoms with Crippen LogP contribution in [0.5, 0.6) is 11.6 Å². The third-order valence-electron chi connectivity index (χ3n) is 6.28. The standard InChI is InChI=1S/C23H26ClN7O4/c1-30-5-4-25-20-19-15(22(33)29-21(19)28-12-27-20)10-26-13-2-3-16(24)18(8-13)35-7-6-31-11-14(32)9-17(31)23(30)34/h2-3,8,10,12,14,17,32-33H,4-7,9,11H2,1H3,(H2,25,27,28,29)/t14-,17-/m1/s1. The van der Waals surface area contributed by atoms with Crippen LogP contribution in [-0.4, -0.2) is 99.1 Å². The molecular weight excluding hydrogens is 474 g/mol. The molecule has 1 amide bonds. The van der Waals surface area contributed by atoms with Gasteiger partial charge in [-0.05, 0) is 18.6 Å². The molecule has 2 atom stereocenters. The quantitative estimate of drug-likeness (QED) is 0.367. The molecule has 2 aromatic heterocycles. The van der Waals surface area contributed by atoms with Crippen molar-refractivity contribution in [3.05, 3.63) is 35.1 Å². The van der Waals surface area contributed by atoms with Gasteiger partial charge in [0, 0.05) is 45.5 Å². The van der Waals surface area contributed by atoms with E-state index in [-0.39, 0.29) is 11.8 Å². The van der Waals surface area contributed by atoms with Crippen LogP contribution in [0.25, 0.3) is 11.0 Å². The summed E-state index contributed by atoms with van der Waals surface area (Å²) in [6, 6.07) is 4.71. The van der Waals surface area contributed by atoms with Gasteiger partial charge in [0.25, 0.3) is 0 Å². The third-order valence-corrected chi connectivity index (χ3v) is 6.60. The molecular formula is C23H26ClN7O4. The highest BCUT2D eigenvalue weighted by atomic mass is 35.5. The summed E-state index contributed by atoms with van der Waals surface area (Å²) < 4.78 is 5.91. The number of hydrogen-bond acceptors (Lipinski definition) is 9. The van der Waals surface area contributed by atoms with Crippen molar-refractivity contribution in [2.24, 2.45) is 4.99 Å². The molecule has 12 heteroatoms. The number of likely N-dealkylation sites (N-methyl/N-ethyl adjacent to an activating group) is 1. The van der Waals surface area contributed by atoms with E-state index < -0.39 is 12.1 Å². The second-order valence-corrected chi connectivity index (χ2v) is 9.05. The Balaban J connectivity index is 1.52. The van der Waals surface area contributed by atoms with Crippen molar-refractivity contribution in [3.63, 3.8) is 0 Å². The molecule has 4 N–H and O–H groups in total. The van der Waals surface area contributed by atoms with Gasteiger partial charge in [0.2, 0.25) is 5.91 Å². The number of halogens is 1. The molecule has 184 valence electrons. The Morgan fingerprint density at radius 3 is 2.97 bits per heavy atom. The number of benzene rings is 1. The fourth-order valence-electron chi connectivity index (χ4n) is 4.48. The topological polar surface area (TPSA) is 139 Å². The molecule has 0 aliphatic carbocycles. The number of aliphatic hydroxyl groups is 1. The smallest absolute Gasteiger partial charge is 0.239 e. The molecule has 1 fully saturated rings. The predicted octanol–water partition coefficient (Wildman–Crippen LogP) is 1.77. The van der Waals surface area contributed by atoms with Crippen LogP contribution < -0.4 is 10.1 Å². The zero-order valence-electron chi connectivity index (χ0n) is 19.1. The summed E-state index contributed by atoms with van der Waals surface area (Å²) >= 11 is 6.32. The van der Waals surface area contributed by atoms with E-state index in [0.29, 0.717) is 78.1 Å². The minimum absolute atomic E-state index is 0.0653. The Morgan fingerprint density at radius 1 is 1.26 bits per heavy atom. The fraction of sp³-hybridized carbons (Fsp3) is 0.391. The fourth-order valence-corrected chi connectivity index (χ4v) is 4.65.